The highest BCUT2D eigenvalue weighted by Crippen LogP contribution is 2.37. The molecule has 1 N–H and O–H groups in total. The molecule has 0 fully saturated rings. The Bertz CT molecular complexity index is 1030. The lowest BCUT2D eigenvalue weighted by atomic mass is 10.3. The van der Waals surface area contributed by atoms with Crippen molar-refractivity contribution in [2.75, 3.05) is 22.8 Å². The first-order chi connectivity index (χ1) is 13.6. The Hall–Kier alpha value is -2.00. The van der Waals surface area contributed by atoms with Crippen molar-refractivity contribution in [1.29, 1.82) is 0 Å². The lowest BCUT2D eigenvalue weighted by molar-refractivity contribution is -0.141. The Morgan fingerprint density at radius 2 is 1.62 bits per heavy atom. The molecule has 0 radical (unpaired) electrons. The van der Waals surface area contributed by atoms with Gasteiger partial charge < -0.3 is 10.1 Å². The number of sulfonamides is 1. The molecule has 0 aliphatic heterocycles. The zero-order chi connectivity index (χ0) is 21.8. The maximum Gasteiger partial charge on any atom is 0.326 e. The van der Waals surface area contributed by atoms with Gasteiger partial charge in [0.15, 0.2) is 0 Å². The van der Waals surface area contributed by atoms with E-state index in [-0.39, 0.29) is 38.2 Å². The summed E-state index contributed by atoms with van der Waals surface area (Å²) >= 11 is 18.1. The number of halogens is 3. The number of benzene rings is 2. The Morgan fingerprint density at radius 3 is 2.17 bits per heavy atom. The van der Waals surface area contributed by atoms with Gasteiger partial charge in [-0.1, -0.05) is 34.8 Å². The zero-order valence-electron chi connectivity index (χ0n) is 15.4. The van der Waals surface area contributed by atoms with Gasteiger partial charge in [-0.3, -0.25) is 13.9 Å². The molecule has 156 valence electrons. The number of rotatable bonds is 7. The summed E-state index contributed by atoms with van der Waals surface area (Å²) in [6, 6.07) is 7.98. The molecule has 2 rings (SSSR count). The molecule has 0 saturated heterocycles. The number of hydrogen-bond acceptors (Lipinski definition) is 5. The molecule has 7 nitrogen and oxygen atoms in total. The molecule has 11 heteroatoms. The van der Waals surface area contributed by atoms with Gasteiger partial charge in [-0.15, -0.1) is 0 Å². The van der Waals surface area contributed by atoms with Crippen molar-refractivity contribution in [2.45, 2.75) is 18.7 Å². The fraction of sp³-hybridized carbons (Fsp3) is 0.222. The van der Waals surface area contributed by atoms with E-state index in [1.54, 1.807) is 6.92 Å². The van der Waals surface area contributed by atoms with E-state index in [9.17, 15) is 18.0 Å². The van der Waals surface area contributed by atoms with Gasteiger partial charge in [0, 0.05) is 12.6 Å². The van der Waals surface area contributed by atoms with Crippen molar-refractivity contribution < 1.29 is 22.7 Å². The van der Waals surface area contributed by atoms with E-state index < -0.39 is 22.5 Å². The summed E-state index contributed by atoms with van der Waals surface area (Å²) in [5, 5.41) is 2.73. The molecule has 0 heterocycles. The van der Waals surface area contributed by atoms with E-state index in [4.69, 9.17) is 39.5 Å². The molecule has 0 aromatic heterocycles. The van der Waals surface area contributed by atoms with Crippen molar-refractivity contribution in [3.8, 4) is 0 Å². The van der Waals surface area contributed by atoms with Crippen LogP contribution in [0.15, 0.2) is 41.3 Å². The summed E-state index contributed by atoms with van der Waals surface area (Å²) < 4.78 is 32.2. The van der Waals surface area contributed by atoms with Crippen LogP contribution in [0.3, 0.4) is 0 Å². The molecule has 2 aromatic carbocycles. The first kappa shape index (κ1) is 23.3. The molecule has 0 spiro atoms. The van der Waals surface area contributed by atoms with Gasteiger partial charge in [0.25, 0.3) is 10.0 Å². The summed E-state index contributed by atoms with van der Waals surface area (Å²) in [6.45, 7) is 2.39. The van der Waals surface area contributed by atoms with Crippen LogP contribution >= 0.6 is 34.8 Å². The van der Waals surface area contributed by atoms with Gasteiger partial charge >= 0.3 is 5.97 Å². The summed E-state index contributed by atoms with van der Waals surface area (Å²) in [4.78, 5) is 23.1. The van der Waals surface area contributed by atoms with Crippen LogP contribution in [-0.4, -0.2) is 33.4 Å². The molecular weight excluding hydrogens is 463 g/mol. The van der Waals surface area contributed by atoms with E-state index in [1.165, 1.54) is 43.3 Å². The van der Waals surface area contributed by atoms with Crippen LogP contribution in [0, 0.1) is 0 Å². The topological polar surface area (TPSA) is 92.8 Å². The second-order valence-electron chi connectivity index (χ2n) is 5.74. The minimum Gasteiger partial charge on any atom is -0.465 e. The van der Waals surface area contributed by atoms with E-state index in [0.29, 0.717) is 5.69 Å². The summed E-state index contributed by atoms with van der Waals surface area (Å²) in [6.07, 6.45) is 0. The van der Waals surface area contributed by atoms with Crippen LogP contribution in [0.4, 0.5) is 11.4 Å². The largest absolute Gasteiger partial charge is 0.465 e. The van der Waals surface area contributed by atoms with Crippen molar-refractivity contribution in [3.63, 3.8) is 0 Å². The van der Waals surface area contributed by atoms with Crippen molar-refractivity contribution in [3.05, 3.63) is 51.5 Å². The number of esters is 1. The second-order valence-corrected chi connectivity index (χ2v) is 8.82. The SMILES string of the molecule is CCOC(=O)CN(c1cc(Cl)c(Cl)cc1Cl)S(=O)(=O)c1ccc(NC(C)=O)cc1. The normalized spacial score (nSPS) is 11.1. The van der Waals surface area contributed by atoms with Crippen molar-refractivity contribution in [1.82, 2.24) is 0 Å². The fourth-order valence-electron chi connectivity index (χ4n) is 2.37. The van der Waals surface area contributed by atoms with Gasteiger partial charge in [0.2, 0.25) is 5.91 Å². The third-order valence-corrected chi connectivity index (χ3v) is 6.40. The van der Waals surface area contributed by atoms with Gasteiger partial charge in [-0.2, -0.15) is 0 Å². The molecule has 0 aliphatic carbocycles. The number of anilines is 2. The van der Waals surface area contributed by atoms with E-state index >= 15 is 0 Å². The second kappa shape index (κ2) is 9.67. The number of ether oxygens (including phenoxy) is 1. The minimum absolute atomic E-state index is 0.0119. The van der Waals surface area contributed by atoms with Crippen LogP contribution in [0.25, 0.3) is 0 Å². The van der Waals surface area contributed by atoms with Crippen molar-refractivity contribution >= 4 is 68.1 Å². The first-order valence-corrected chi connectivity index (χ1v) is 10.8. The highest BCUT2D eigenvalue weighted by atomic mass is 35.5. The maximum absolute atomic E-state index is 13.3. The van der Waals surface area contributed by atoms with Gasteiger partial charge in [0.05, 0.1) is 32.3 Å². The number of nitrogens with zero attached hydrogens (tertiary/aromatic N) is 1. The quantitative estimate of drug-likeness (QED) is 0.470. The van der Waals surface area contributed by atoms with Gasteiger partial charge in [0.1, 0.15) is 6.54 Å². The fourth-order valence-corrected chi connectivity index (χ4v) is 4.48. The lowest BCUT2D eigenvalue weighted by Crippen LogP contribution is -2.36. The van der Waals surface area contributed by atoms with E-state index in [0.717, 1.165) is 4.31 Å². The lowest BCUT2D eigenvalue weighted by Gasteiger charge is -2.25. The van der Waals surface area contributed by atoms with Crippen molar-refractivity contribution in [2.24, 2.45) is 0 Å². The van der Waals surface area contributed by atoms with Crippen LogP contribution in [-0.2, 0) is 24.3 Å². The number of nitrogens with one attached hydrogen (secondary N) is 1. The summed E-state index contributed by atoms with van der Waals surface area (Å²) in [7, 11) is -4.23. The van der Waals surface area contributed by atoms with Crippen LogP contribution in [0.1, 0.15) is 13.8 Å². The van der Waals surface area contributed by atoms with Crippen LogP contribution in [0.2, 0.25) is 15.1 Å². The Kier molecular flexibility index (Phi) is 7.76. The molecule has 2 aromatic rings. The van der Waals surface area contributed by atoms with Crippen LogP contribution < -0.4 is 9.62 Å². The van der Waals surface area contributed by atoms with E-state index in [2.05, 4.69) is 5.32 Å². The smallest absolute Gasteiger partial charge is 0.326 e. The van der Waals surface area contributed by atoms with Gasteiger partial charge in [-0.25, -0.2) is 8.42 Å². The predicted molar refractivity (Wildman–Crippen MR) is 113 cm³/mol. The molecule has 0 atom stereocenters. The number of hydrogen-bond donors (Lipinski definition) is 1. The third kappa shape index (κ3) is 5.76. The number of carbonyl (C=O) groups is 2. The minimum atomic E-state index is -4.23. The number of amides is 1. The van der Waals surface area contributed by atoms with E-state index in [1.807, 2.05) is 0 Å². The highest BCUT2D eigenvalue weighted by Gasteiger charge is 2.30. The summed E-state index contributed by atoms with van der Waals surface area (Å²) in [5.41, 5.74) is 0.390. The maximum atomic E-state index is 13.3. The van der Waals surface area contributed by atoms with Crippen LogP contribution in [0.5, 0.6) is 0 Å². The standard InChI is InChI=1S/C18H17Cl3N2O5S/c1-3-28-18(25)10-23(17-9-15(20)14(19)8-16(17)21)29(26,27)13-6-4-12(5-7-13)22-11(2)24/h4-9H,3,10H2,1-2H3,(H,22,24). The highest BCUT2D eigenvalue weighted by molar-refractivity contribution is 7.92. The molecule has 1 amide bonds. The monoisotopic (exact) mass is 478 g/mol. The molecule has 0 aliphatic rings. The number of carbonyl (C=O) groups excluding carboxylic acids is 2. The zero-order valence-corrected chi connectivity index (χ0v) is 18.5. The third-order valence-electron chi connectivity index (χ3n) is 3.60. The summed E-state index contributed by atoms with van der Waals surface area (Å²) in [5.74, 6) is -1.07. The molecule has 29 heavy (non-hydrogen) atoms. The molecule has 0 saturated carbocycles. The molecule has 0 bridgehead atoms. The Balaban J connectivity index is 2.53. The Labute approximate surface area is 183 Å². The first-order valence-electron chi connectivity index (χ1n) is 8.26. The average molecular weight is 480 g/mol. The average Bonchev–Trinajstić information content (AvgIpc) is 2.63. The Morgan fingerprint density at radius 1 is 1.03 bits per heavy atom. The predicted octanol–water partition coefficient (Wildman–Crippen LogP) is 4.36. The molecular formula is C18H17Cl3N2O5S. The molecule has 0 unspecified atom stereocenters. The van der Waals surface area contributed by atoms with Gasteiger partial charge in [-0.05, 0) is 43.3 Å².